The molecule has 0 radical (unpaired) electrons. The zero-order valence-corrected chi connectivity index (χ0v) is 19.0. The molecule has 1 saturated heterocycles. The zero-order valence-electron chi connectivity index (χ0n) is 17.3. The van der Waals surface area contributed by atoms with E-state index in [0.29, 0.717) is 36.0 Å². The molecule has 0 atom stereocenters. The van der Waals surface area contributed by atoms with Gasteiger partial charge in [-0.05, 0) is 69.3 Å². The molecule has 0 spiro atoms. The zero-order chi connectivity index (χ0) is 21.5. The van der Waals surface area contributed by atoms with Crippen molar-refractivity contribution in [3.63, 3.8) is 0 Å². The highest BCUT2D eigenvalue weighted by atomic mass is 32.2. The summed E-state index contributed by atoms with van der Waals surface area (Å²) in [4.78, 5) is 15.6. The van der Waals surface area contributed by atoms with Crippen molar-refractivity contribution in [3.8, 4) is 5.69 Å². The Balaban J connectivity index is 1.43. The highest BCUT2D eigenvalue weighted by Gasteiger charge is 2.31. The van der Waals surface area contributed by atoms with Crippen LogP contribution >= 0.6 is 11.3 Å². The van der Waals surface area contributed by atoms with Crippen LogP contribution in [0.3, 0.4) is 0 Å². The smallest absolute Gasteiger partial charge is 0.253 e. The van der Waals surface area contributed by atoms with Crippen molar-refractivity contribution >= 4 is 27.3 Å². The van der Waals surface area contributed by atoms with Gasteiger partial charge in [-0.25, -0.2) is 8.42 Å². The fraction of sp³-hybridized carbons (Fsp3) is 0.318. The lowest BCUT2D eigenvalue weighted by Crippen LogP contribution is -2.50. The van der Waals surface area contributed by atoms with Gasteiger partial charge < -0.3 is 9.47 Å². The molecule has 158 valence electrons. The number of rotatable bonds is 4. The molecule has 1 fully saturated rings. The summed E-state index contributed by atoms with van der Waals surface area (Å²) in [5.41, 5.74) is 3.93. The van der Waals surface area contributed by atoms with Crippen LogP contribution in [0, 0.1) is 20.8 Å². The fourth-order valence-electron chi connectivity index (χ4n) is 3.82. The molecule has 6 nitrogen and oxygen atoms in total. The Morgan fingerprint density at radius 1 is 0.833 bits per heavy atom. The number of aromatic nitrogens is 1. The second-order valence-corrected chi connectivity index (χ2v) is 11.0. The highest BCUT2D eigenvalue weighted by molar-refractivity contribution is 7.91. The first kappa shape index (κ1) is 20.8. The van der Waals surface area contributed by atoms with Gasteiger partial charge in [-0.3, -0.25) is 4.79 Å². The van der Waals surface area contributed by atoms with Crippen molar-refractivity contribution < 1.29 is 13.2 Å². The number of amides is 1. The van der Waals surface area contributed by atoms with Crippen LogP contribution in [0.25, 0.3) is 5.69 Å². The number of benzene rings is 1. The normalized spacial score (nSPS) is 15.5. The predicted molar refractivity (Wildman–Crippen MR) is 119 cm³/mol. The van der Waals surface area contributed by atoms with Gasteiger partial charge in [0.15, 0.2) is 0 Å². The Labute approximate surface area is 181 Å². The molecule has 0 bridgehead atoms. The predicted octanol–water partition coefficient (Wildman–Crippen LogP) is 3.61. The molecule has 2 aromatic heterocycles. The van der Waals surface area contributed by atoms with Crippen molar-refractivity contribution in [2.24, 2.45) is 0 Å². The molecule has 3 heterocycles. The third-order valence-corrected chi connectivity index (χ3v) is 8.85. The van der Waals surface area contributed by atoms with Crippen molar-refractivity contribution in [1.29, 1.82) is 0 Å². The number of carbonyl (C=O) groups is 1. The number of nitrogens with zero attached hydrogens (tertiary/aromatic N) is 3. The molecule has 30 heavy (non-hydrogen) atoms. The van der Waals surface area contributed by atoms with Crippen LogP contribution in [-0.2, 0) is 10.0 Å². The topological polar surface area (TPSA) is 62.6 Å². The van der Waals surface area contributed by atoms with E-state index in [1.807, 2.05) is 37.3 Å². The molecule has 0 N–H and O–H groups in total. The Morgan fingerprint density at radius 2 is 1.43 bits per heavy atom. The van der Waals surface area contributed by atoms with Gasteiger partial charge in [0.2, 0.25) is 0 Å². The summed E-state index contributed by atoms with van der Waals surface area (Å²) in [7, 11) is -3.48. The van der Waals surface area contributed by atoms with Crippen molar-refractivity contribution in [3.05, 3.63) is 70.4 Å². The number of piperazine rings is 1. The number of sulfonamides is 1. The van der Waals surface area contributed by atoms with Gasteiger partial charge in [0, 0.05) is 53.7 Å². The van der Waals surface area contributed by atoms with Crippen molar-refractivity contribution in [1.82, 2.24) is 13.8 Å². The summed E-state index contributed by atoms with van der Waals surface area (Å²) in [6, 6.07) is 15.2. The van der Waals surface area contributed by atoms with Crippen molar-refractivity contribution in [2.45, 2.75) is 25.0 Å². The minimum atomic E-state index is -3.48. The van der Waals surface area contributed by atoms with E-state index in [9.17, 15) is 13.2 Å². The molecular weight excluding hydrogens is 418 g/mol. The molecule has 0 aliphatic carbocycles. The van der Waals surface area contributed by atoms with Crippen LogP contribution in [0.4, 0.5) is 0 Å². The van der Waals surface area contributed by atoms with E-state index in [-0.39, 0.29) is 5.91 Å². The standard InChI is InChI=1S/C22H25N3O3S2/c1-16-4-5-17(2)25(16)20-9-7-19(8-10-20)22(26)23-12-14-24(15-13-23)30(27,28)21-11-6-18(3)29-21/h4-11H,12-15H2,1-3H3. The van der Waals surface area contributed by atoms with Gasteiger partial charge in [0.25, 0.3) is 15.9 Å². The maximum absolute atomic E-state index is 12.9. The number of hydrogen-bond acceptors (Lipinski definition) is 4. The molecule has 8 heteroatoms. The van der Waals surface area contributed by atoms with Gasteiger partial charge in [0.05, 0.1) is 0 Å². The molecule has 1 amide bonds. The lowest BCUT2D eigenvalue weighted by atomic mass is 10.1. The summed E-state index contributed by atoms with van der Waals surface area (Å²) < 4.78 is 29.5. The summed E-state index contributed by atoms with van der Waals surface area (Å²) in [6.45, 7) is 7.40. The molecule has 0 unspecified atom stereocenters. The molecule has 1 aliphatic rings. The summed E-state index contributed by atoms with van der Waals surface area (Å²) in [6.07, 6.45) is 0. The van der Waals surface area contributed by atoms with Gasteiger partial charge >= 0.3 is 0 Å². The van der Waals surface area contributed by atoms with E-state index >= 15 is 0 Å². The lowest BCUT2D eigenvalue weighted by Gasteiger charge is -2.33. The van der Waals surface area contributed by atoms with E-state index in [4.69, 9.17) is 0 Å². The van der Waals surface area contributed by atoms with Crippen molar-refractivity contribution in [2.75, 3.05) is 26.2 Å². The molecule has 4 rings (SSSR count). The number of hydrogen-bond donors (Lipinski definition) is 0. The van der Waals surface area contributed by atoms with E-state index in [0.717, 1.165) is 22.0 Å². The van der Waals surface area contributed by atoms with Gasteiger partial charge in [-0.2, -0.15) is 4.31 Å². The van der Waals surface area contributed by atoms with Gasteiger partial charge in [-0.15, -0.1) is 11.3 Å². The van der Waals surface area contributed by atoms with E-state index < -0.39 is 10.0 Å². The molecule has 1 aliphatic heterocycles. The van der Waals surface area contributed by atoms with Gasteiger partial charge in [-0.1, -0.05) is 0 Å². The first-order valence-electron chi connectivity index (χ1n) is 9.88. The van der Waals surface area contributed by atoms with Crippen LogP contribution in [-0.4, -0.2) is 54.3 Å². The van der Waals surface area contributed by atoms with Crippen LogP contribution < -0.4 is 0 Å². The SMILES string of the molecule is Cc1ccc(S(=O)(=O)N2CCN(C(=O)c3ccc(-n4c(C)ccc4C)cc3)CC2)s1. The minimum absolute atomic E-state index is 0.0634. The Hall–Kier alpha value is -2.42. The maximum atomic E-state index is 12.9. The second-order valence-electron chi connectivity index (χ2n) is 7.56. The molecule has 0 saturated carbocycles. The quantitative estimate of drug-likeness (QED) is 0.619. The fourth-order valence-corrected chi connectivity index (χ4v) is 6.68. The van der Waals surface area contributed by atoms with Gasteiger partial charge in [0.1, 0.15) is 4.21 Å². The first-order chi connectivity index (χ1) is 14.3. The highest BCUT2D eigenvalue weighted by Crippen LogP contribution is 2.25. The Kier molecular flexibility index (Phi) is 5.57. The third-order valence-electron chi connectivity index (χ3n) is 5.48. The Morgan fingerprint density at radius 3 is 1.97 bits per heavy atom. The molecule has 3 aromatic rings. The number of carbonyl (C=O) groups excluding carboxylic acids is 1. The molecule has 1 aromatic carbocycles. The summed E-state index contributed by atoms with van der Waals surface area (Å²) in [5.74, 6) is -0.0634. The van der Waals surface area contributed by atoms with E-state index in [2.05, 4.69) is 30.5 Å². The molecular formula is C22H25N3O3S2. The van der Waals surface area contributed by atoms with Crippen LogP contribution in [0.1, 0.15) is 26.6 Å². The number of thiophene rings is 1. The van der Waals surface area contributed by atoms with Crippen LogP contribution in [0.5, 0.6) is 0 Å². The number of aryl methyl sites for hydroxylation is 3. The second kappa shape index (κ2) is 8.02. The summed E-state index contributed by atoms with van der Waals surface area (Å²) >= 11 is 1.28. The lowest BCUT2D eigenvalue weighted by molar-refractivity contribution is 0.0698. The monoisotopic (exact) mass is 443 g/mol. The Bertz CT molecular complexity index is 1150. The van der Waals surface area contributed by atoms with E-state index in [1.54, 1.807) is 11.0 Å². The van der Waals surface area contributed by atoms with Crippen LogP contribution in [0.15, 0.2) is 52.7 Å². The largest absolute Gasteiger partial charge is 0.336 e. The van der Waals surface area contributed by atoms with Crippen LogP contribution in [0.2, 0.25) is 0 Å². The average Bonchev–Trinajstić information content (AvgIpc) is 3.33. The first-order valence-corrected chi connectivity index (χ1v) is 12.1. The summed E-state index contributed by atoms with van der Waals surface area (Å²) in [5, 5.41) is 0. The average molecular weight is 444 g/mol. The minimum Gasteiger partial charge on any atom is -0.336 e. The third kappa shape index (κ3) is 3.82. The maximum Gasteiger partial charge on any atom is 0.253 e. The van der Waals surface area contributed by atoms with E-state index in [1.165, 1.54) is 15.6 Å².